The van der Waals surface area contributed by atoms with Gasteiger partial charge in [0.2, 0.25) is 11.8 Å². The fourth-order valence-corrected chi connectivity index (χ4v) is 2.34. The molecule has 5 heteroatoms. The Labute approximate surface area is 114 Å². The molecule has 4 nitrogen and oxygen atoms in total. The van der Waals surface area contributed by atoms with Gasteiger partial charge < -0.3 is 0 Å². The summed E-state index contributed by atoms with van der Waals surface area (Å²) in [5.41, 5.74) is 0. The van der Waals surface area contributed by atoms with Gasteiger partial charge in [-0.15, -0.1) is 0 Å². The number of carbonyl (C=O) groups is 2. The number of unbranched alkanes of at least 4 members (excludes halogenated alkanes) is 3. The Balaban J connectivity index is 2.63. The first-order valence-electron chi connectivity index (χ1n) is 6.76. The molecular weight excluding hydrogens is 248 g/mol. The zero-order valence-electron chi connectivity index (χ0n) is 11.3. The van der Waals surface area contributed by atoms with Crippen molar-refractivity contribution in [2.75, 3.05) is 13.1 Å². The van der Waals surface area contributed by atoms with E-state index in [0.29, 0.717) is 18.2 Å². The Hall–Kier alpha value is -0.970. The van der Waals surface area contributed by atoms with Crippen molar-refractivity contribution in [1.82, 2.24) is 9.80 Å². The van der Waals surface area contributed by atoms with Crippen molar-refractivity contribution in [2.45, 2.75) is 52.4 Å². The van der Waals surface area contributed by atoms with Crippen molar-refractivity contribution in [3.8, 4) is 0 Å². The van der Waals surface area contributed by atoms with Crippen LogP contribution in [0.4, 0.5) is 0 Å². The first-order valence-corrected chi connectivity index (χ1v) is 7.17. The maximum absolute atomic E-state index is 11.8. The minimum atomic E-state index is -0.148. The number of thiocarbonyl (C=S) groups is 1. The molecule has 1 aliphatic heterocycles. The van der Waals surface area contributed by atoms with Crippen molar-refractivity contribution >= 4 is 29.1 Å². The summed E-state index contributed by atoms with van der Waals surface area (Å²) in [6.07, 6.45) is 5.02. The highest BCUT2D eigenvalue weighted by Gasteiger charge is 2.33. The fraction of sp³-hybridized carbons (Fsp3) is 0.769. The maximum atomic E-state index is 11.8. The minimum absolute atomic E-state index is 0.0318. The van der Waals surface area contributed by atoms with Gasteiger partial charge in [-0.1, -0.05) is 33.1 Å². The summed E-state index contributed by atoms with van der Waals surface area (Å²) in [6, 6.07) is 0. The lowest BCUT2D eigenvalue weighted by molar-refractivity contribution is -0.140. The number of hydrogen-bond acceptors (Lipinski definition) is 3. The summed E-state index contributed by atoms with van der Waals surface area (Å²) in [7, 11) is 0. The predicted molar refractivity (Wildman–Crippen MR) is 75.1 cm³/mol. The van der Waals surface area contributed by atoms with Crippen molar-refractivity contribution in [3.63, 3.8) is 0 Å². The van der Waals surface area contributed by atoms with E-state index in [2.05, 4.69) is 13.8 Å². The van der Waals surface area contributed by atoms with Gasteiger partial charge in [-0.05, 0) is 25.1 Å². The van der Waals surface area contributed by atoms with Crippen molar-refractivity contribution in [2.24, 2.45) is 0 Å². The number of rotatable bonds is 7. The lowest BCUT2D eigenvalue weighted by Crippen LogP contribution is -2.55. The van der Waals surface area contributed by atoms with Crippen molar-refractivity contribution in [1.29, 1.82) is 0 Å². The van der Waals surface area contributed by atoms with Gasteiger partial charge in [0.15, 0.2) is 5.11 Å². The second-order valence-corrected chi connectivity index (χ2v) is 4.98. The van der Waals surface area contributed by atoms with Gasteiger partial charge in [0.1, 0.15) is 6.42 Å². The third kappa shape index (κ3) is 3.77. The van der Waals surface area contributed by atoms with Crippen LogP contribution in [0.3, 0.4) is 0 Å². The molecule has 0 aromatic rings. The Morgan fingerprint density at radius 3 is 1.94 bits per heavy atom. The molecule has 0 aromatic heterocycles. The van der Waals surface area contributed by atoms with Crippen LogP contribution >= 0.6 is 12.2 Å². The van der Waals surface area contributed by atoms with Crippen molar-refractivity contribution in [3.05, 3.63) is 0 Å². The van der Waals surface area contributed by atoms with E-state index in [1.807, 2.05) is 0 Å². The second kappa shape index (κ2) is 7.46. The number of nitrogens with zero attached hydrogens (tertiary/aromatic N) is 2. The van der Waals surface area contributed by atoms with Crippen LogP contribution in [0.1, 0.15) is 52.4 Å². The van der Waals surface area contributed by atoms with Crippen LogP contribution in [0.5, 0.6) is 0 Å². The lowest BCUT2D eigenvalue weighted by atomic mass is 10.2. The molecule has 0 aromatic carbocycles. The normalized spacial score (nSPS) is 16.7. The highest BCUT2D eigenvalue weighted by molar-refractivity contribution is 7.80. The molecule has 1 fully saturated rings. The monoisotopic (exact) mass is 270 g/mol. The molecular formula is C13H22N2O2S. The topological polar surface area (TPSA) is 40.6 Å². The number of amides is 2. The summed E-state index contributed by atoms with van der Waals surface area (Å²) in [5.74, 6) is -0.293. The van der Waals surface area contributed by atoms with Gasteiger partial charge in [0, 0.05) is 13.1 Å². The van der Waals surface area contributed by atoms with Crippen LogP contribution in [0.25, 0.3) is 0 Å². The van der Waals surface area contributed by atoms with E-state index in [1.165, 1.54) is 0 Å². The van der Waals surface area contributed by atoms with Gasteiger partial charge in [0.25, 0.3) is 0 Å². The molecule has 0 saturated carbocycles. The molecule has 1 saturated heterocycles. The molecule has 0 bridgehead atoms. The zero-order valence-corrected chi connectivity index (χ0v) is 12.1. The average molecular weight is 270 g/mol. The summed E-state index contributed by atoms with van der Waals surface area (Å²) < 4.78 is 0. The molecule has 2 amide bonds. The zero-order chi connectivity index (χ0) is 13.5. The van der Waals surface area contributed by atoms with E-state index in [4.69, 9.17) is 12.2 Å². The van der Waals surface area contributed by atoms with Crippen LogP contribution in [0.15, 0.2) is 0 Å². The predicted octanol–water partition coefficient (Wildman–Crippen LogP) is 2.32. The fourth-order valence-electron chi connectivity index (χ4n) is 1.96. The summed E-state index contributed by atoms with van der Waals surface area (Å²) >= 11 is 5.28. The summed E-state index contributed by atoms with van der Waals surface area (Å²) in [4.78, 5) is 26.8. The molecule has 0 N–H and O–H groups in total. The first kappa shape index (κ1) is 15.1. The van der Waals surface area contributed by atoms with Gasteiger partial charge in [-0.3, -0.25) is 19.4 Å². The molecule has 1 rings (SSSR count). The molecule has 102 valence electrons. The molecule has 1 aliphatic rings. The van der Waals surface area contributed by atoms with Gasteiger partial charge in [0.05, 0.1) is 0 Å². The van der Waals surface area contributed by atoms with Gasteiger partial charge in [-0.25, -0.2) is 0 Å². The van der Waals surface area contributed by atoms with Gasteiger partial charge >= 0.3 is 0 Å². The smallest absolute Gasteiger partial charge is 0.238 e. The first-order chi connectivity index (χ1) is 8.61. The van der Waals surface area contributed by atoms with E-state index >= 15 is 0 Å². The number of carbonyl (C=O) groups excluding carboxylic acids is 2. The second-order valence-electron chi connectivity index (χ2n) is 4.61. The maximum Gasteiger partial charge on any atom is 0.238 e. The van der Waals surface area contributed by atoms with Crippen LogP contribution < -0.4 is 0 Å². The minimum Gasteiger partial charge on any atom is -0.288 e. The number of hydrogen-bond donors (Lipinski definition) is 0. The van der Waals surface area contributed by atoms with Crippen LogP contribution in [-0.4, -0.2) is 39.8 Å². The van der Waals surface area contributed by atoms with E-state index in [9.17, 15) is 9.59 Å². The van der Waals surface area contributed by atoms with Gasteiger partial charge in [-0.2, -0.15) is 0 Å². The third-order valence-electron chi connectivity index (χ3n) is 3.09. The van der Waals surface area contributed by atoms with E-state index in [1.54, 1.807) is 9.80 Å². The van der Waals surface area contributed by atoms with E-state index in [0.717, 1.165) is 32.1 Å². The highest BCUT2D eigenvalue weighted by Crippen LogP contribution is 2.14. The third-order valence-corrected chi connectivity index (χ3v) is 3.53. The molecule has 0 aliphatic carbocycles. The van der Waals surface area contributed by atoms with Crippen LogP contribution in [-0.2, 0) is 9.59 Å². The average Bonchev–Trinajstić information content (AvgIpc) is 2.33. The molecule has 1 heterocycles. The van der Waals surface area contributed by atoms with Crippen LogP contribution in [0.2, 0.25) is 0 Å². The highest BCUT2D eigenvalue weighted by atomic mass is 32.1. The van der Waals surface area contributed by atoms with E-state index < -0.39 is 0 Å². The largest absolute Gasteiger partial charge is 0.288 e. The SMILES string of the molecule is CCCCCN1C(=O)CC(=O)N(CCCC)C1=S. The van der Waals surface area contributed by atoms with E-state index in [-0.39, 0.29) is 18.2 Å². The molecule has 0 unspecified atom stereocenters. The Bertz CT molecular complexity index is 331. The van der Waals surface area contributed by atoms with Crippen molar-refractivity contribution < 1.29 is 9.59 Å². The molecule has 0 atom stereocenters. The Morgan fingerprint density at radius 1 is 0.944 bits per heavy atom. The molecule has 0 spiro atoms. The van der Waals surface area contributed by atoms with Crippen LogP contribution in [0, 0.1) is 0 Å². The Morgan fingerprint density at radius 2 is 1.44 bits per heavy atom. The molecule has 18 heavy (non-hydrogen) atoms. The Kier molecular flexibility index (Phi) is 6.25. The quantitative estimate of drug-likeness (QED) is 0.405. The molecule has 0 radical (unpaired) electrons. The summed E-state index contributed by atoms with van der Waals surface area (Å²) in [6.45, 7) is 5.46. The lowest BCUT2D eigenvalue weighted by Gasteiger charge is -2.35. The standard InChI is InChI=1S/C13H22N2O2S/c1-3-5-7-9-15-12(17)10-11(16)14(13(15)18)8-6-4-2/h3-10H2,1-2H3. The summed E-state index contributed by atoms with van der Waals surface area (Å²) in [5, 5.41) is 0.404.